The summed E-state index contributed by atoms with van der Waals surface area (Å²) in [5, 5.41) is 4.18. The zero-order chi connectivity index (χ0) is 17.4. The molecule has 25 heavy (non-hydrogen) atoms. The van der Waals surface area contributed by atoms with E-state index in [1.807, 2.05) is 60.8 Å². The standard InChI is InChI=1S/C20H15BrClN3/c1-13-11-14(21)12-25-19(13)24-18(16-9-5-6-10-17(16)22)20(25)23-15-7-3-2-4-8-15/h2-12,23H,1H3. The van der Waals surface area contributed by atoms with Gasteiger partial charge in [0.2, 0.25) is 0 Å². The summed E-state index contributed by atoms with van der Waals surface area (Å²) in [4.78, 5) is 4.88. The van der Waals surface area contributed by atoms with Gasteiger partial charge in [-0.1, -0.05) is 48.0 Å². The number of anilines is 2. The molecule has 0 unspecified atom stereocenters. The third kappa shape index (κ3) is 3.03. The Morgan fingerprint density at radius 3 is 2.52 bits per heavy atom. The first-order valence-corrected chi connectivity index (χ1v) is 9.06. The van der Waals surface area contributed by atoms with Crippen LogP contribution in [-0.4, -0.2) is 9.38 Å². The minimum absolute atomic E-state index is 0.679. The third-order valence-corrected chi connectivity index (χ3v) is 4.80. The van der Waals surface area contributed by atoms with Crippen molar-refractivity contribution in [2.45, 2.75) is 6.92 Å². The van der Waals surface area contributed by atoms with Crippen molar-refractivity contribution in [3.05, 3.63) is 81.9 Å². The summed E-state index contributed by atoms with van der Waals surface area (Å²) < 4.78 is 3.06. The van der Waals surface area contributed by atoms with Crippen LogP contribution in [0.3, 0.4) is 0 Å². The molecule has 0 atom stereocenters. The largest absolute Gasteiger partial charge is 0.339 e. The molecule has 0 bridgehead atoms. The highest BCUT2D eigenvalue weighted by molar-refractivity contribution is 9.10. The van der Waals surface area contributed by atoms with E-state index in [-0.39, 0.29) is 0 Å². The van der Waals surface area contributed by atoms with Crippen LogP contribution in [0.1, 0.15) is 5.56 Å². The van der Waals surface area contributed by atoms with Crippen molar-refractivity contribution in [2.75, 3.05) is 5.32 Å². The van der Waals surface area contributed by atoms with E-state index in [1.54, 1.807) is 0 Å². The van der Waals surface area contributed by atoms with E-state index >= 15 is 0 Å². The number of imidazole rings is 1. The molecule has 0 saturated heterocycles. The number of hydrogen-bond donors (Lipinski definition) is 1. The molecular formula is C20H15BrClN3. The molecule has 0 amide bonds. The monoisotopic (exact) mass is 411 g/mol. The smallest absolute Gasteiger partial charge is 0.143 e. The lowest BCUT2D eigenvalue weighted by molar-refractivity contribution is 1.15. The fraction of sp³-hybridized carbons (Fsp3) is 0.0500. The molecule has 2 aromatic carbocycles. The molecule has 0 aliphatic rings. The van der Waals surface area contributed by atoms with Crippen LogP contribution in [0.25, 0.3) is 16.9 Å². The number of benzene rings is 2. The molecule has 0 radical (unpaired) electrons. The Morgan fingerprint density at radius 2 is 1.76 bits per heavy atom. The minimum Gasteiger partial charge on any atom is -0.339 e. The Balaban J connectivity index is 2.00. The number of para-hydroxylation sites is 1. The van der Waals surface area contributed by atoms with Crippen LogP contribution in [0.15, 0.2) is 71.3 Å². The van der Waals surface area contributed by atoms with E-state index < -0.39 is 0 Å². The summed E-state index contributed by atoms with van der Waals surface area (Å²) in [6.45, 7) is 2.05. The number of halogens is 2. The summed E-state index contributed by atoms with van der Waals surface area (Å²) >= 11 is 10.0. The van der Waals surface area contributed by atoms with Gasteiger partial charge < -0.3 is 5.32 Å². The molecule has 2 heterocycles. The number of nitrogens with zero attached hydrogens (tertiary/aromatic N) is 2. The highest BCUT2D eigenvalue weighted by atomic mass is 79.9. The first kappa shape index (κ1) is 16.2. The lowest BCUT2D eigenvalue weighted by Crippen LogP contribution is -1.97. The Morgan fingerprint density at radius 1 is 1.04 bits per heavy atom. The van der Waals surface area contributed by atoms with Gasteiger partial charge in [0, 0.05) is 21.9 Å². The second kappa shape index (κ2) is 6.54. The molecule has 3 nitrogen and oxygen atoms in total. The maximum Gasteiger partial charge on any atom is 0.143 e. The molecule has 0 aliphatic carbocycles. The van der Waals surface area contributed by atoms with E-state index in [1.165, 1.54) is 0 Å². The Bertz CT molecular complexity index is 1060. The molecule has 0 saturated carbocycles. The van der Waals surface area contributed by atoms with Crippen molar-refractivity contribution in [1.82, 2.24) is 9.38 Å². The first-order valence-electron chi connectivity index (χ1n) is 7.88. The normalized spacial score (nSPS) is 11.0. The average Bonchev–Trinajstić information content (AvgIpc) is 2.95. The van der Waals surface area contributed by atoms with Crippen LogP contribution >= 0.6 is 27.5 Å². The average molecular weight is 413 g/mol. The van der Waals surface area contributed by atoms with Crippen LogP contribution in [0.2, 0.25) is 5.02 Å². The first-order chi connectivity index (χ1) is 12.1. The topological polar surface area (TPSA) is 29.3 Å². The summed E-state index contributed by atoms with van der Waals surface area (Å²) in [5.74, 6) is 0.888. The van der Waals surface area contributed by atoms with Gasteiger partial charge in [-0.2, -0.15) is 0 Å². The lowest BCUT2D eigenvalue weighted by Gasteiger charge is -2.10. The van der Waals surface area contributed by atoms with Crippen LogP contribution in [0, 0.1) is 6.92 Å². The number of aryl methyl sites for hydroxylation is 1. The molecule has 5 heteroatoms. The number of nitrogens with one attached hydrogen (secondary N) is 1. The van der Waals surface area contributed by atoms with Gasteiger partial charge in [0.05, 0.1) is 5.02 Å². The zero-order valence-electron chi connectivity index (χ0n) is 13.5. The van der Waals surface area contributed by atoms with Gasteiger partial charge in [-0.3, -0.25) is 4.40 Å². The maximum absolute atomic E-state index is 6.45. The summed E-state index contributed by atoms with van der Waals surface area (Å²) in [6.07, 6.45) is 2.01. The van der Waals surface area contributed by atoms with Crippen molar-refractivity contribution in [1.29, 1.82) is 0 Å². The van der Waals surface area contributed by atoms with Gasteiger partial charge in [-0.05, 0) is 52.7 Å². The Kier molecular flexibility index (Phi) is 4.24. The van der Waals surface area contributed by atoms with Crippen molar-refractivity contribution in [2.24, 2.45) is 0 Å². The van der Waals surface area contributed by atoms with Crippen molar-refractivity contribution in [3.8, 4) is 11.3 Å². The summed E-state index contributed by atoms with van der Waals surface area (Å²) in [5.41, 5.74) is 4.72. The van der Waals surface area contributed by atoms with E-state index in [9.17, 15) is 0 Å². The minimum atomic E-state index is 0.679. The molecule has 4 aromatic rings. The van der Waals surface area contributed by atoms with E-state index in [4.69, 9.17) is 16.6 Å². The SMILES string of the molecule is Cc1cc(Br)cn2c(Nc3ccccc3)c(-c3ccccc3Cl)nc12. The Hall–Kier alpha value is -2.30. The van der Waals surface area contributed by atoms with Crippen molar-refractivity contribution < 1.29 is 0 Å². The van der Waals surface area contributed by atoms with Crippen LogP contribution < -0.4 is 5.32 Å². The van der Waals surface area contributed by atoms with Gasteiger partial charge in [-0.15, -0.1) is 0 Å². The van der Waals surface area contributed by atoms with Gasteiger partial charge in [-0.25, -0.2) is 4.98 Å². The highest BCUT2D eigenvalue weighted by Crippen LogP contribution is 2.36. The van der Waals surface area contributed by atoms with Gasteiger partial charge in [0.15, 0.2) is 0 Å². The molecule has 0 fully saturated rings. The van der Waals surface area contributed by atoms with Crippen molar-refractivity contribution >= 4 is 44.7 Å². The second-order valence-corrected chi connectivity index (χ2v) is 7.14. The number of pyridine rings is 1. The van der Waals surface area contributed by atoms with Crippen molar-refractivity contribution in [3.63, 3.8) is 0 Å². The molecule has 4 rings (SSSR count). The summed E-state index contributed by atoms with van der Waals surface area (Å²) in [7, 11) is 0. The highest BCUT2D eigenvalue weighted by Gasteiger charge is 2.18. The predicted octanol–water partition coefficient (Wildman–Crippen LogP) is 6.47. The molecule has 1 N–H and O–H groups in total. The van der Waals surface area contributed by atoms with E-state index in [0.717, 1.165) is 38.4 Å². The molecule has 0 spiro atoms. The van der Waals surface area contributed by atoms with E-state index in [2.05, 4.69) is 38.6 Å². The van der Waals surface area contributed by atoms with Crippen LogP contribution in [0.5, 0.6) is 0 Å². The van der Waals surface area contributed by atoms with Gasteiger partial charge in [0.25, 0.3) is 0 Å². The van der Waals surface area contributed by atoms with Gasteiger partial charge in [0.1, 0.15) is 17.2 Å². The fourth-order valence-corrected chi connectivity index (χ4v) is 3.66. The zero-order valence-corrected chi connectivity index (χ0v) is 15.8. The predicted molar refractivity (Wildman–Crippen MR) is 108 cm³/mol. The Labute approximate surface area is 159 Å². The second-order valence-electron chi connectivity index (χ2n) is 5.81. The lowest BCUT2D eigenvalue weighted by atomic mass is 10.1. The van der Waals surface area contributed by atoms with Crippen LogP contribution in [-0.2, 0) is 0 Å². The summed E-state index contributed by atoms with van der Waals surface area (Å²) in [6, 6.07) is 19.9. The number of aromatic nitrogens is 2. The fourth-order valence-electron chi connectivity index (χ4n) is 2.89. The maximum atomic E-state index is 6.45. The molecular weight excluding hydrogens is 398 g/mol. The quantitative estimate of drug-likeness (QED) is 0.418. The van der Waals surface area contributed by atoms with Crippen LogP contribution in [0.4, 0.5) is 11.5 Å². The molecule has 2 aromatic heterocycles. The van der Waals surface area contributed by atoms with Gasteiger partial charge >= 0.3 is 0 Å². The molecule has 0 aliphatic heterocycles. The number of hydrogen-bond acceptors (Lipinski definition) is 2. The van der Waals surface area contributed by atoms with E-state index in [0.29, 0.717) is 5.02 Å². The number of fused-ring (bicyclic) bond motifs is 1. The molecule has 124 valence electrons. The third-order valence-electron chi connectivity index (χ3n) is 4.04. The number of rotatable bonds is 3.